The minimum Gasteiger partial charge on any atom is -0.444 e. The Morgan fingerprint density at radius 3 is 1.22 bits per heavy atom. The molecule has 0 aliphatic carbocycles. The molecule has 6 nitrogen and oxygen atoms in total. The number of unbranched alkanes of at least 4 members (excludes halogenated alkanes) is 18. The summed E-state index contributed by atoms with van der Waals surface area (Å²) in [5, 5.41) is 0. The number of hydrogen-bond donors (Lipinski definition) is 0. The zero-order chi connectivity index (χ0) is 33.7. The van der Waals surface area contributed by atoms with Crippen LogP contribution in [0.2, 0.25) is 0 Å². The van der Waals surface area contributed by atoms with E-state index in [0.717, 1.165) is 39.3 Å². The number of ether oxygens (including phenoxy) is 1. The van der Waals surface area contributed by atoms with Crippen LogP contribution in [0.25, 0.3) is 0 Å². The van der Waals surface area contributed by atoms with E-state index in [9.17, 15) is 4.79 Å². The van der Waals surface area contributed by atoms with Gasteiger partial charge in [-0.3, -0.25) is 4.90 Å². The molecule has 1 aliphatic heterocycles. The number of rotatable bonds is 30. The Morgan fingerprint density at radius 1 is 0.500 bits per heavy atom. The van der Waals surface area contributed by atoms with Gasteiger partial charge in [0.05, 0.1) is 0 Å². The Hall–Kier alpha value is -0.850. The first-order valence-electron chi connectivity index (χ1n) is 20.4. The molecule has 0 atom stereocenters. The average Bonchev–Trinajstić information content (AvgIpc) is 3.03. The zero-order valence-corrected chi connectivity index (χ0v) is 32.2. The summed E-state index contributed by atoms with van der Waals surface area (Å²) in [7, 11) is 0. The number of piperazine rings is 1. The highest BCUT2D eigenvalue weighted by Crippen LogP contribution is 2.14. The molecule has 1 rings (SSSR count). The monoisotopic (exact) mass is 651 g/mol. The van der Waals surface area contributed by atoms with Crippen LogP contribution in [-0.2, 0) is 4.74 Å². The smallest absolute Gasteiger partial charge is 0.410 e. The summed E-state index contributed by atoms with van der Waals surface area (Å²) < 4.78 is 5.62. The fourth-order valence-electron chi connectivity index (χ4n) is 6.59. The molecular formula is C40H82N4O2. The molecule has 0 N–H and O–H groups in total. The first kappa shape index (κ1) is 43.2. The Morgan fingerprint density at radius 2 is 0.848 bits per heavy atom. The van der Waals surface area contributed by atoms with Crippen LogP contribution in [0.15, 0.2) is 0 Å². The lowest BCUT2D eigenvalue weighted by atomic mass is 10.1. The van der Waals surface area contributed by atoms with E-state index in [1.54, 1.807) is 0 Å². The van der Waals surface area contributed by atoms with E-state index in [0.29, 0.717) is 0 Å². The SMILES string of the molecule is CCCCCCCCCN(CCCCCCCCC)CCN(CCCCCCCCC)CCN1CCN(C(=O)OC(C)(C)C)CC1. The van der Waals surface area contributed by atoms with Gasteiger partial charge < -0.3 is 19.4 Å². The van der Waals surface area contributed by atoms with Crippen LogP contribution in [0.4, 0.5) is 4.79 Å². The molecule has 0 radical (unpaired) electrons. The van der Waals surface area contributed by atoms with Crippen molar-refractivity contribution in [3.63, 3.8) is 0 Å². The minimum absolute atomic E-state index is 0.158. The lowest BCUT2D eigenvalue weighted by Gasteiger charge is -2.36. The van der Waals surface area contributed by atoms with Gasteiger partial charge in [-0.05, 0) is 59.7 Å². The summed E-state index contributed by atoms with van der Waals surface area (Å²) in [5.41, 5.74) is -0.429. The normalized spacial score (nSPS) is 14.6. The quantitative estimate of drug-likeness (QED) is 0.0724. The molecule has 1 aliphatic rings. The first-order chi connectivity index (χ1) is 22.3. The van der Waals surface area contributed by atoms with E-state index in [1.165, 1.54) is 168 Å². The maximum Gasteiger partial charge on any atom is 0.410 e. The van der Waals surface area contributed by atoms with E-state index in [-0.39, 0.29) is 6.09 Å². The Kier molecular flexibility index (Phi) is 27.3. The van der Waals surface area contributed by atoms with Crippen molar-refractivity contribution in [1.29, 1.82) is 0 Å². The third-order valence-electron chi connectivity index (χ3n) is 9.72. The Bertz CT molecular complexity index is 657. The van der Waals surface area contributed by atoms with Crippen molar-refractivity contribution < 1.29 is 9.53 Å². The summed E-state index contributed by atoms with van der Waals surface area (Å²) in [6.45, 7) is 24.7. The van der Waals surface area contributed by atoms with Gasteiger partial charge in [-0.15, -0.1) is 0 Å². The van der Waals surface area contributed by atoms with Gasteiger partial charge >= 0.3 is 6.09 Å². The highest BCUT2D eigenvalue weighted by Gasteiger charge is 2.26. The second kappa shape index (κ2) is 29.1. The summed E-state index contributed by atoms with van der Waals surface area (Å²) in [6, 6.07) is 0. The van der Waals surface area contributed by atoms with Gasteiger partial charge in [-0.1, -0.05) is 136 Å². The van der Waals surface area contributed by atoms with Crippen LogP contribution in [0.3, 0.4) is 0 Å². The van der Waals surface area contributed by atoms with Crippen LogP contribution < -0.4 is 0 Å². The zero-order valence-electron chi connectivity index (χ0n) is 32.2. The Balaban J connectivity index is 2.60. The molecule has 46 heavy (non-hydrogen) atoms. The molecule has 0 unspecified atom stereocenters. The number of carbonyl (C=O) groups is 1. The molecule has 0 spiro atoms. The number of carbonyl (C=O) groups excluding carboxylic acids is 1. The number of hydrogen-bond acceptors (Lipinski definition) is 5. The van der Waals surface area contributed by atoms with Crippen molar-refractivity contribution in [2.75, 3.05) is 72.0 Å². The van der Waals surface area contributed by atoms with E-state index in [2.05, 4.69) is 35.5 Å². The molecular weight excluding hydrogens is 568 g/mol. The van der Waals surface area contributed by atoms with Crippen molar-refractivity contribution in [2.45, 2.75) is 182 Å². The van der Waals surface area contributed by atoms with Crippen LogP contribution in [0.5, 0.6) is 0 Å². The molecule has 1 amide bonds. The largest absolute Gasteiger partial charge is 0.444 e. The molecule has 0 aromatic carbocycles. The summed E-state index contributed by atoms with van der Waals surface area (Å²) >= 11 is 0. The molecule has 0 bridgehead atoms. The van der Waals surface area contributed by atoms with Crippen molar-refractivity contribution >= 4 is 6.09 Å². The standard InChI is InChI=1S/C40H82N4O2/c1-7-10-13-16-19-22-25-28-41(29-26-23-20-17-14-11-8-2)31-32-42(30-27-24-21-18-15-12-9-3)33-34-43-35-37-44(38-36-43)39(45)46-40(4,5)6/h7-38H2,1-6H3. The second-order valence-electron chi connectivity index (χ2n) is 15.4. The van der Waals surface area contributed by atoms with E-state index in [4.69, 9.17) is 4.74 Å². The molecule has 274 valence electrons. The van der Waals surface area contributed by atoms with Gasteiger partial charge in [0.25, 0.3) is 0 Å². The van der Waals surface area contributed by atoms with Gasteiger partial charge in [-0.2, -0.15) is 0 Å². The van der Waals surface area contributed by atoms with Crippen molar-refractivity contribution in [3.8, 4) is 0 Å². The highest BCUT2D eigenvalue weighted by atomic mass is 16.6. The van der Waals surface area contributed by atoms with Gasteiger partial charge in [0, 0.05) is 52.4 Å². The first-order valence-corrected chi connectivity index (χ1v) is 20.4. The fraction of sp³-hybridized carbons (Fsp3) is 0.975. The summed E-state index contributed by atoms with van der Waals surface area (Å²) in [5.74, 6) is 0. The van der Waals surface area contributed by atoms with Crippen LogP contribution in [0.1, 0.15) is 176 Å². The third-order valence-corrected chi connectivity index (χ3v) is 9.72. The average molecular weight is 651 g/mol. The van der Waals surface area contributed by atoms with Gasteiger partial charge in [0.2, 0.25) is 0 Å². The van der Waals surface area contributed by atoms with Crippen molar-refractivity contribution in [1.82, 2.24) is 19.6 Å². The van der Waals surface area contributed by atoms with E-state index in [1.807, 2.05) is 25.7 Å². The fourth-order valence-corrected chi connectivity index (χ4v) is 6.59. The molecule has 0 aromatic heterocycles. The topological polar surface area (TPSA) is 39.3 Å². The molecule has 1 fully saturated rings. The summed E-state index contributed by atoms with van der Waals surface area (Å²) in [6.07, 6.45) is 29.0. The molecule has 1 heterocycles. The lowest BCUT2D eigenvalue weighted by Crippen LogP contribution is -2.51. The predicted molar refractivity (Wildman–Crippen MR) is 201 cm³/mol. The molecule has 0 saturated carbocycles. The number of nitrogens with zero attached hydrogens (tertiary/aromatic N) is 4. The maximum atomic E-state index is 12.5. The van der Waals surface area contributed by atoms with Gasteiger partial charge in [-0.25, -0.2) is 4.79 Å². The van der Waals surface area contributed by atoms with E-state index >= 15 is 0 Å². The molecule has 0 aromatic rings. The van der Waals surface area contributed by atoms with Gasteiger partial charge in [0.15, 0.2) is 0 Å². The number of amides is 1. The Labute approximate surface area is 288 Å². The predicted octanol–water partition coefficient (Wildman–Crippen LogP) is 10.4. The van der Waals surface area contributed by atoms with Crippen molar-refractivity contribution in [2.24, 2.45) is 0 Å². The van der Waals surface area contributed by atoms with E-state index < -0.39 is 5.60 Å². The lowest BCUT2D eigenvalue weighted by molar-refractivity contribution is 0.0137. The summed E-state index contributed by atoms with van der Waals surface area (Å²) in [4.78, 5) is 22.6. The molecule has 6 heteroatoms. The van der Waals surface area contributed by atoms with Crippen LogP contribution in [-0.4, -0.2) is 103 Å². The second-order valence-corrected chi connectivity index (χ2v) is 15.4. The highest BCUT2D eigenvalue weighted by molar-refractivity contribution is 5.68. The maximum absolute atomic E-state index is 12.5. The molecule has 1 saturated heterocycles. The third kappa shape index (κ3) is 25.2. The van der Waals surface area contributed by atoms with Crippen LogP contribution >= 0.6 is 0 Å². The van der Waals surface area contributed by atoms with Crippen LogP contribution in [0, 0.1) is 0 Å². The minimum atomic E-state index is -0.429. The van der Waals surface area contributed by atoms with Crippen molar-refractivity contribution in [3.05, 3.63) is 0 Å². The van der Waals surface area contributed by atoms with Gasteiger partial charge in [0.1, 0.15) is 5.60 Å².